The Hall–Kier alpha value is -2.32. The molecule has 142 valence electrons. The summed E-state index contributed by atoms with van der Waals surface area (Å²) < 4.78 is 0.797. The molecule has 0 aliphatic rings. The fraction of sp³-hybridized carbons (Fsp3) is 0.368. The van der Waals surface area contributed by atoms with E-state index in [1.54, 1.807) is 12.3 Å². The molecule has 7 nitrogen and oxygen atoms in total. The van der Waals surface area contributed by atoms with Gasteiger partial charge in [-0.25, -0.2) is 15.0 Å². The van der Waals surface area contributed by atoms with E-state index in [1.165, 1.54) is 6.33 Å². The predicted octanol–water partition coefficient (Wildman–Crippen LogP) is 3.24. The van der Waals surface area contributed by atoms with Gasteiger partial charge in [0.2, 0.25) is 0 Å². The molecule has 0 radical (unpaired) electrons. The highest BCUT2D eigenvalue weighted by molar-refractivity contribution is 9.10. The number of halogens is 1. The normalized spacial score (nSPS) is 11.3. The molecule has 1 amide bonds. The molecule has 0 atom stereocenters. The minimum atomic E-state index is -0.0720. The first-order valence-electron chi connectivity index (χ1n) is 9.08. The maximum Gasteiger partial charge on any atom is 0.251 e. The molecule has 8 heteroatoms. The van der Waals surface area contributed by atoms with Gasteiger partial charge in [0.05, 0.1) is 6.20 Å². The number of amides is 1. The quantitative estimate of drug-likeness (QED) is 0.535. The van der Waals surface area contributed by atoms with Crippen molar-refractivity contribution in [2.24, 2.45) is 0 Å². The Morgan fingerprint density at radius 3 is 2.81 bits per heavy atom. The molecule has 3 rings (SSSR count). The van der Waals surface area contributed by atoms with E-state index < -0.39 is 0 Å². The van der Waals surface area contributed by atoms with Crippen molar-refractivity contribution in [3.63, 3.8) is 0 Å². The Labute approximate surface area is 166 Å². The highest BCUT2D eigenvalue weighted by Gasteiger charge is 2.13. The van der Waals surface area contributed by atoms with Gasteiger partial charge in [-0.3, -0.25) is 4.79 Å². The number of nitrogens with one attached hydrogen (secondary N) is 2. The molecule has 0 unspecified atom stereocenters. The first-order chi connectivity index (χ1) is 13.1. The average Bonchev–Trinajstić information content (AvgIpc) is 3.11. The van der Waals surface area contributed by atoms with Crippen LogP contribution in [0.4, 0.5) is 0 Å². The Morgan fingerprint density at radius 1 is 1.30 bits per heavy atom. The lowest BCUT2D eigenvalue weighted by Crippen LogP contribution is -2.29. The van der Waals surface area contributed by atoms with Gasteiger partial charge in [-0.2, -0.15) is 0 Å². The number of aromatic nitrogens is 4. The number of rotatable bonds is 8. The molecule has 0 aliphatic carbocycles. The zero-order chi connectivity index (χ0) is 19.2. The van der Waals surface area contributed by atoms with E-state index in [2.05, 4.69) is 59.9 Å². The van der Waals surface area contributed by atoms with Crippen LogP contribution in [0.3, 0.4) is 0 Å². The van der Waals surface area contributed by atoms with Crippen LogP contribution >= 0.6 is 15.9 Å². The van der Waals surface area contributed by atoms with Gasteiger partial charge in [-0.05, 0) is 44.3 Å². The van der Waals surface area contributed by atoms with Crippen LogP contribution in [-0.2, 0) is 0 Å². The number of H-pyrrole nitrogens is 1. The van der Waals surface area contributed by atoms with E-state index in [0.717, 1.165) is 41.6 Å². The van der Waals surface area contributed by atoms with Gasteiger partial charge in [0, 0.05) is 22.1 Å². The molecule has 2 aromatic heterocycles. The van der Waals surface area contributed by atoms with E-state index >= 15 is 0 Å². The number of hydrogen-bond donors (Lipinski definition) is 2. The maximum absolute atomic E-state index is 12.4. The number of aromatic amines is 1. The molecule has 2 N–H and O–H groups in total. The standard InChI is InChI=1S/C19H23BrN6O/c1-3-26(4-2)9-5-8-22-19(27)13-6-7-14(15(20)10-13)17-24-16-11-21-12-23-18(16)25-17/h6-7,10-12H,3-5,8-9H2,1-2H3,(H,22,27)(H,21,23,24,25). The van der Waals surface area contributed by atoms with Crippen LogP contribution in [0.15, 0.2) is 35.2 Å². The van der Waals surface area contributed by atoms with Crippen molar-refractivity contribution in [1.29, 1.82) is 0 Å². The van der Waals surface area contributed by atoms with Crippen LogP contribution in [0.1, 0.15) is 30.6 Å². The van der Waals surface area contributed by atoms with Gasteiger partial charge in [-0.15, -0.1) is 0 Å². The molecule has 0 spiro atoms. The molecule has 1 aromatic carbocycles. The number of carbonyl (C=O) groups is 1. The van der Waals surface area contributed by atoms with E-state index in [9.17, 15) is 4.79 Å². The molecule has 3 aromatic rings. The van der Waals surface area contributed by atoms with Crippen LogP contribution in [0.25, 0.3) is 22.6 Å². The number of imidazole rings is 1. The first kappa shape index (κ1) is 19.4. The molecule has 0 saturated carbocycles. The fourth-order valence-electron chi connectivity index (χ4n) is 2.88. The summed E-state index contributed by atoms with van der Waals surface area (Å²) in [4.78, 5) is 30.5. The third-order valence-electron chi connectivity index (χ3n) is 4.48. The van der Waals surface area contributed by atoms with E-state index in [1.807, 2.05) is 12.1 Å². The fourth-order valence-corrected chi connectivity index (χ4v) is 3.45. The average molecular weight is 431 g/mol. The van der Waals surface area contributed by atoms with E-state index in [4.69, 9.17) is 0 Å². The summed E-state index contributed by atoms with van der Waals surface area (Å²) >= 11 is 3.55. The van der Waals surface area contributed by atoms with Gasteiger partial charge in [-0.1, -0.05) is 29.8 Å². The van der Waals surface area contributed by atoms with Crippen molar-refractivity contribution in [3.05, 3.63) is 40.8 Å². The zero-order valence-electron chi connectivity index (χ0n) is 15.5. The van der Waals surface area contributed by atoms with Crippen LogP contribution in [0, 0.1) is 0 Å². The lowest BCUT2D eigenvalue weighted by atomic mass is 10.1. The summed E-state index contributed by atoms with van der Waals surface area (Å²) in [6, 6.07) is 5.49. The van der Waals surface area contributed by atoms with Crippen molar-refractivity contribution in [2.75, 3.05) is 26.2 Å². The molecule has 0 aliphatic heterocycles. The zero-order valence-corrected chi connectivity index (χ0v) is 17.1. The third-order valence-corrected chi connectivity index (χ3v) is 5.14. The predicted molar refractivity (Wildman–Crippen MR) is 110 cm³/mol. The van der Waals surface area contributed by atoms with Crippen molar-refractivity contribution >= 4 is 33.0 Å². The van der Waals surface area contributed by atoms with Crippen molar-refractivity contribution < 1.29 is 4.79 Å². The van der Waals surface area contributed by atoms with Crippen LogP contribution in [-0.4, -0.2) is 56.9 Å². The molecule has 0 bridgehead atoms. The van der Waals surface area contributed by atoms with Crippen molar-refractivity contribution in [3.8, 4) is 11.4 Å². The summed E-state index contributed by atoms with van der Waals surface area (Å²) in [5.74, 6) is 0.612. The van der Waals surface area contributed by atoms with Gasteiger partial charge in [0.1, 0.15) is 17.7 Å². The Bertz CT molecular complexity index is 888. The Kier molecular flexibility index (Phi) is 6.52. The van der Waals surface area contributed by atoms with Crippen molar-refractivity contribution in [1.82, 2.24) is 30.2 Å². The topological polar surface area (TPSA) is 86.8 Å². The first-order valence-corrected chi connectivity index (χ1v) is 9.87. The maximum atomic E-state index is 12.4. The van der Waals surface area contributed by atoms with Crippen LogP contribution in [0.5, 0.6) is 0 Å². The Balaban J connectivity index is 1.64. The molecule has 0 fully saturated rings. The van der Waals surface area contributed by atoms with Gasteiger partial charge in [0.15, 0.2) is 5.65 Å². The van der Waals surface area contributed by atoms with E-state index in [-0.39, 0.29) is 5.91 Å². The van der Waals surface area contributed by atoms with E-state index in [0.29, 0.717) is 23.6 Å². The molecule has 2 heterocycles. The summed E-state index contributed by atoms with van der Waals surface area (Å²) in [6.07, 6.45) is 4.09. The van der Waals surface area contributed by atoms with Gasteiger partial charge >= 0.3 is 0 Å². The van der Waals surface area contributed by atoms with Crippen LogP contribution < -0.4 is 5.32 Å². The lowest BCUT2D eigenvalue weighted by molar-refractivity contribution is 0.0952. The minimum Gasteiger partial charge on any atom is -0.352 e. The number of carbonyl (C=O) groups excluding carboxylic acids is 1. The molecule has 0 saturated heterocycles. The monoisotopic (exact) mass is 430 g/mol. The minimum absolute atomic E-state index is 0.0720. The summed E-state index contributed by atoms with van der Waals surface area (Å²) in [6.45, 7) is 8.02. The second kappa shape index (κ2) is 9.05. The summed E-state index contributed by atoms with van der Waals surface area (Å²) in [5, 5.41) is 2.98. The van der Waals surface area contributed by atoms with Gasteiger partial charge < -0.3 is 15.2 Å². The number of benzene rings is 1. The Morgan fingerprint density at radius 2 is 2.11 bits per heavy atom. The largest absolute Gasteiger partial charge is 0.352 e. The second-order valence-electron chi connectivity index (χ2n) is 6.18. The number of nitrogens with zero attached hydrogens (tertiary/aromatic N) is 4. The summed E-state index contributed by atoms with van der Waals surface area (Å²) in [7, 11) is 0. The van der Waals surface area contributed by atoms with Crippen LogP contribution in [0.2, 0.25) is 0 Å². The number of hydrogen-bond acceptors (Lipinski definition) is 5. The second-order valence-corrected chi connectivity index (χ2v) is 7.03. The molecular weight excluding hydrogens is 408 g/mol. The lowest BCUT2D eigenvalue weighted by Gasteiger charge is -2.17. The summed E-state index contributed by atoms with van der Waals surface area (Å²) in [5.41, 5.74) is 2.87. The SMILES string of the molecule is CCN(CC)CCCNC(=O)c1ccc(-c2nc3ncncc3[nH]2)c(Br)c1. The van der Waals surface area contributed by atoms with Crippen molar-refractivity contribution in [2.45, 2.75) is 20.3 Å². The third kappa shape index (κ3) is 4.70. The van der Waals surface area contributed by atoms with Gasteiger partial charge in [0.25, 0.3) is 5.91 Å². The highest BCUT2D eigenvalue weighted by atomic mass is 79.9. The molecular formula is C19H23BrN6O. The highest BCUT2D eigenvalue weighted by Crippen LogP contribution is 2.28. The molecule has 27 heavy (non-hydrogen) atoms. The number of fused-ring (bicyclic) bond motifs is 1. The smallest absolute Gasteiger partial charge is 0.251 e.